The predicted molar refractivity (Wildman–Crippen MR) is 147 cm³/mol. The van der Waals surface area contributed by atoms with Crippen LogP contribution in [0.3, 0.4) is 0 Å². The van der Waals surface area contributed by atoms with E-state index in [9.17, 15) is 9.59 Å². The molecular weight excluding hydrogens is 528 g/mol. The van der Waals surface area contributed by atoms with E-state index in [0.29, 0.717) is 30.5 Å². The number of hydrogen-bond acceptors (Lipinski definition) is 9. The lowest BCUT2D eigenvalue weighted by Gasteiger charge is -2.40. The van der Waals surface area contributed by atoms with Gasteiger partial charge in [-0.3, -0.25) is 4.79 Å². The number of alkyl carbamates (subject to hydrolysis) is 1. The first-order valence-corrected chi connectivity index (χ1v) is 13.9. The monoisotopic (exact) mass is 562 g/mol. The maximum atomic E-state index is 12.0. The van der Waals surface area contributed by atoms with Crippen LogP contribution in [0.15, 0.2) is 34.6 Å². The molecule has 206 valence electrons. The van der Waals surface area contributed by atoms with Crippen LogP contribution in [-0.2, 0) is 9.53 Å². The summed E-state index contributed by atoms with van der Waals surface area (Å²) in [7, 11) is 0. The Morgan fingerprint density at radius 3 is 2.50 bits per heavy atom. The summed E-state index contributed by atoms with van der Waals surface area (Å²) in [6, 6.07) is 1.84. The second kappa shape index (κ2) is 11.5. The van der Waals surface area contributed by atoms with Gasteiger partial charge in [-0.15, -0.1) is 0 Å². The fourth-order valence-corrected chi connectivity index (χ4v) is 5.62. The Morgan fingerprint density at radius 2 is 1.89 bits per heavy atom. The molecule has 12 heteroatoms. The SMILES string of the molecule is CC1(CNC(=O)OC(C)(C)C)CCN(c2cnc(Sc3ccnc(N4CC(CC(=O)O)C4)c3Cl)cn2)CC1. The molecule has 2 fully saturated rings. The van der Waals surface area contributed by atoms with Gasteiger partial charge in [0.1, 0.15) is 22.3 Å². The first-order valence-electron chi connectivity index (χ1n) is 12.7. The van der Waals surface area contributed by atoms with Gasteiger partial charge in [0.05, 0.1) is 23.8 Å². The van der Waals surface area contributed by atoms with Crippen molar-refractivity contribution in [2.75, 3.05) is 42.5 Å². The number of piperidine rings is 1. The van der Waals surface area contributed by atoms with Gasteiger partial charge in [0, 0.05) is 49.7 Å². The van der Waals surface area contributed by atoms with Gasteiger partial charge < -0.3 is 25.0 Å². The van der Waals surface area contributed by atoms with Gasteiger partial charge in [-0.25, -0.2) is 19.7 Å². The molecule has 1 amide bonds. The van der Waals surface area contributed by atoms with E-state index in [1.54, 1.807) is 18.6 Å². The van der Waals surface area contributed by atoms with Crippen molar-refractivity contribution in [2.45, 2.75) is 62.5 Å². The minimum absolute atomic E-state index is 0.00344. The summed E-state index contributed by atoms with van der Waals surface area (Å²) in [5, 5.41) is 13.1. The lowest BCUT2D eigenvalue weighted by Crippen LogP contribution is -2.48. The second-order valence-corrected chi connectivity index (χ2v) is 12.7. The molecule has 2 saturated heterocycles. The summed E-state index contributed by atoms with van der Waals surface area (Å²) >= 11 is 8.07. The number of hydrogen-bond donors (Lipinski definition) is 2. The quantitative estimate of drug-likeness (QED) is 0.467. The number of ether oxygens (including phenoxy) is 1. The first-order chi connectivity index (χ1) is 17.9. The lowest BCUT2D eigenvalue weighted by atomic mass is 9.80. The van der Waals surface area contributed by atoms with Crippen LogP contribution in [0, 0.1) is 11.3 Å². The Morgan fingerprint density at radius 1 is 1.18 bits per heavy atom. The second-order valence-electron chi connectivity index (χ2n) is 11.3. The van der Waals surface area contributed by atoms with Crippen LogP contribution in [0.1, 0.15) is 47.0 Å². The van der Waals surface area contributed by atoms with E-state index >= 15 is 0 Å². The van der Waals surface area contributed by atoms with Crippen molar-refractivity contribution in [2.24, 2.45) is 11.3 Å². The number of nitrogens with zero attached hydrogens (tertiary/aromatic N) is 5. The largest absolute Gasteiger partial charge is 0.481 e. The van der Waals surface area contributed by atoms with Crippen molar-refractivity contribution in [3.05, 3.63) is 29.7 Å². The third kappa shape index (κ3) is 7.41. The molecule has 2 aliphatic heterocycles. The van der Waals surface area contributed by atoms with Crippen molar-refractivity contribution in [3.63, 3.8) is 0 Å². The zero-order valence-corrected chi connectivity index (χ0v) is 23.8. The van der Waals surface area contributed by atoms with Crippen molar-refractivity contribution in [1.82, 2.24) is 20.3 Å². The third-order valence-electron chi connectivity index (χ3n) is 6.74. The highest BCUT2D eigenvalue weighted by molar-refractivity contribution is 7.99. The highest BCUT2D eigenvalue weighted by atomic mass is 35.5. The number of aromatic nitrogens is 3. The molecule has 0 spiro atoms. The number of halogens is 1. The van der Waals surface area contributed by atoms with Crippen molar-refractivity contribution in [1.29, 1.82) is 0 Å². The summed E-state index contributed by atoms with van der Waals surface area (Å²) in [6.45, 7) is 11.2. The van der Waals surface area contributed by atoms with Gasteiger partial charge in [0.2, 0.25) is 0 Å². The Kier molecular flexibility index (Phi) is 8.56. The molecule has 0 radical (unpaired) electrons. The minimum atomic E-state index is -0.784. The number of aliphatic carboxylic acids is 1. The van der Waals surface area contributed by atoms with E-state index in [0.717, 1.165) is 41.7 Å². The summed E-state index contributed by atoms with van der Waals surface area (Å²) < 4.78 is 5.35. The number of carbonyl (C=O) groups excluding carboxylic acids is 1. The third-order valence-corrected chi connectivity index (χ3v) is 8.20. The van der Waals surface area contributed by atoms with Gasteiger partial charge in [-0.05, 0) is 45.1 Å². The summed E-state index contributed by atoms with van der Waals surface area (Å²) in [5.74, 6) is 0.825. The Hall–Kier alpha value is -2.79. The van der Waals surface area contributed by atoms with Crippen LogP contribution in [0.25, 0.3) is 0 Å². The van der Waals surface area contributed by atoms with E-state index in [-0.39, 0.29) is 23.8 Å². The van der Waals surface area contributed by atoms with Crippen LogP contribution in [0.4, 0.5) is 16.4 Å². The molecule has 2 aromatic rings. The number of anilines is 2. The fraction of sp³-hybridized carbons (Fsp3) is 0.577. The number of nitrogens with one attached hydrogen (secondary N) is 1. The standard InChI is InChI=1S/C26H35ClN6O4S/c1-25(2,3)37-24(36)31-16-26(4)6-9-32(10-7-26)19-12-30-20(13-29-19)38-18-5-8-28-23(22(18)27)33-14-17(15-33)11-21(34)35/h5,8,12-13,17H,6-7,9-11,14-16H2,1-4H3,(H,31,36)(H,34,35). The molecule has 0 aliphatic carbocycles. The van der Waals surface area contributed by atoms with Gasteiger partial charge in [0.15, 0.2) is 0 Å². The predicted octanol–water partition coefficient (Wildman–Crippen LogP) is 4.72. The highest BCUT2D eigenvalue weighted by Crippen LogP contribution is 2.39. The van der Waals surface area contributed by atoms with E-state index in [1.165, 1.54) is 11.8 Å². The highest BCUT2D eigenvalue weighted by Gasteiger charge is 2.33. The van der Waals surface area contributed by atoms with Gasteiger partial charge in [-0.2, -0.15) is 0 Å². The van der Waals surface area contributed by atoms with E-state index < -0.39 is 11.6 Å². The molecule has 2 aromatic heterocycles. The number of carbonyl (C=O) groups is 2. The molecule has 10 nitrogen and oxygen atoms in total. The van der Waals surface area contributed by atoms with Gasteiger partial charge >= 0.3 is 12.1 Å². The molecular formula is C26H35ClN6O4S. The molecule has 0 bridgehead atoms. The summed E-state index contributed by atoms with van der Waals surface area (Å²) in [6.07, 6.45) is 6.85. The first kappa shape index (κ1) is 28.2. The van der Waals surface area contributed by atoms with E-state index in [4.69, 9.17) is 21.4 Å². The van der Waals surface area contributed by atoms with Crippen LogP contribution in [-0.4, -0.2) is 70.4 Å². The molecule has 38 heavy (non-hydrogen) atoms. The Bertz CT molecular complexity index is 1150. The average Bonchev–Trinajstić information content (AvgIpc) is 2.82. The Balaban J connectivity index is 1.29. The topological polar surface area (TPSA) is 121 Å². The fourth-order valence-electron chi connectivity index (χ4n) is 4.52. The normalized spacial score (nSPS) is 17.6. The van der Waals surface area contributed by atoms with Crippen LogP contribution < -0.4 is 15.1 Å². The number of amides is 1. The van der Waals surface area contributed by atoms with Crippen molar-refractivity contribution < 1.29 is 19.4 Å². The number of pyridine rings is 1. The van der Waals surface area contributed by atoms with Crippen LogP contribution >= 0.6 is 23.4 Å². The van der Waals surface area contributed by atoms with E-state index in [1.807, 2.05) is 31.7 Å². The number of carboxylic acids is 1. The molecule has 0 unspecified atom stereocenters. The van der Waals surface area contributed by atoms with Crippen molar-refractivity contribution in [3.8, 4) is 0 Å². The molecule has 4 heterocycles. The van der Waals surface area contributed by atoms with E-state index in [2.05, 4.69) is 32.1 Å². The summed E-state index contributed by atoms with van der Waals surface area (Å²) in [4.78, 5) is 41.6. The van der Waals surface area contributed by atoms with Crippen molar-refractivity contribution >= 4 is 47.1 Å². The lowest BCUT2D eigenvalue weighted by molar-refractivity contribution is -0.138. The molecule has 0 aromatic carbocycles. The molecule has 4 rings (SSSR count). The summed E-state index contributed by atoms with van der Waals surface area (Å²) in [5.41, 5.74) is -0.513. The molecule has 0 atom stereocenters. The maximum absolute atomic E-state index is 12.0. The minimum Gasteiger partial charge on any atom is -0.481 e. The molecule has 2 N–H and O–H groups in total. The molecule has 2 aliphatic rings. The number of rotatable bonds is 8. The Labute approximate surface area is 232 Å². The van der Waals surface area contributed by atoms with Gasteiger partial charge in [-0.1, -0.05) is 30.3 Å². The smallest absolute Gasteiger partial charge is 0.407 e. The van der Waals surface area contributed by atoms with Crippen LogP contribution in [0.2, 0.25) is 5.02 Å². The zero-order valence-electron chi connectivity index (χ0n) is 22.2. The average molecular weight is 563 g/mol. The maximum Gasteiger partial charge on any atom is 0.407 e. The van der Waals surface area contributed by atoms with Gasteiger partial charge in [0.25, 0.3) is 0 Å². The van der Waals surface area contributed by atoms with Crippen LogP contribution in [0.5, 0.6) is 0 Å². The molecule has 0 saturated carbocycles. The zero-order chi connectivity index (χ0) is 27.5. The number of carboxylic acid groups (broad SMARTS) is 1.